The maximum absolute atomic E-state index is 9.50. The van der Waals surface area contributed by atoms with Gasteiger partial charge in [-0.1, -0.05) is 20.8 Å². The van der Waals surface area contributed by atoms with Crippen LogP contribution in [0.5, 0.6) is 0 Å². The summed E-state index contributed by atoms with van der Waals surface area (Å²) in [6.45, 7) is 8.32. The van der Waals surface area contributed by atoms with Gasteiger partial charge < -0.3 is 10.4 Å². The Morgan fingerprint density at radius 2 is 1.87 bits per heavy atom. The van der Waals surface area contributed by atoms with Gasteiger partial charge in [0, 0.05) is 12.6 Å². The standard InChI is InChI=1S/C13H25NO/c1-13(2,3)12-11(8-15)6-10(7-14-12)9-4-5-9/h9-12,14-15H,4-8H2,1-3H3. The maximum Gasteiger partial charge on any atom is 0.0474 e. The molecule has 2 heteroatoms. The molecule has 3 atom stereocenters. The predicted molar refractivity (Wildman–Crippen MR) is 62.7 cm³/mol. The lowest BCUT2D eigenvalue weighted by molar-refractivity contribution is 0.0698. The van der Waals surface area contributed by atoms with Crippen molar-refractivity contribution in [3.63, 3.8) is 0 Å². The third-order valence-electron chi connectivity index (χ3n) is 4.13. The summed E-state index contributed by atoms with van der Waals surface area (Å²) in [4.78, 5) is 0. The Labute approximate surface area is 93.5 Å². The first-order valence-corrected chi connectivity index (χ1v) is 6.36. The zero-order valence-electron chi connectivity index (χ0n) is 10.3. The van der Waals surface area contributed by atoms with Crippen molar-refractivity contribution in [2.24, 2.45) is 23.2 Å². The van der Waals surface area contributed by atoms with E-state index < -0.39 is 0 Å². The molecule has 1 aliphatic heterocycles. The van der Waals surface area contributed by atoms with Crippen molar-refractivity contribution in [3.05, 3.63) is 0 Å². The molecule has 2 fully saturated rings. The molecule has 2 N–H and O–H groups in total. The summed E-state index contributed by atoms with van der Waals surface area (Å²) in [6.07, 6.45) is 4.07. The second-order valence-corrected chi connectivity index (χ2v) is 6.53. The van der Waals surface area contributed by atoms with Crippen LogP contribution in [0.15, 0.2) is 0 Å². The first-order valence-electron chi connectivity index (χ1n) is 6.36. The summed E-state index contributed by atoms with van der Waals surface area (Å²) in [6, 6.07) is 0.484. The van der Waals surface area contributed by atoms with E-state index in [-0.39, 0.29) is 5.41 Å². The van der Waals surface area contributed by atoms with Crippen LogP contribution in [-0.4, -0.2) is 24.3 Å². The highest BCUT2D eigenvalue weighted by molar-refractivity contribution is 4.95. The van der Waals surface area contributed by atoms with Gasteiger partial charge in [0.1, 0.15) is 0 Å². The van der Waals surface area contributed by atoms with Crippen LogP contribution in [0.2, 0.25) is 0 Å². The minimum atomic E-state index is 0.266. The molecule has 2 rings (SSSR count). The molecule has 1 heterocycles. The molecule has 0 amide bonds. The van der Waals surface area contributed by atoms with Crippen LogP contribution in [0.4, 0.5) is 0 Å². The van der Waals surface area contributed by atoms with Crippen LogP contribution >= 0.6 is 0 Å². The Balaban J connectivity index is 1.97. The van der Waals surface area contributed by atoms with E-state index in [1.807, 2.05) is 0 Å². The van der Waals surface area contributed by atoms with Crippen LogP contribution in [0.1, 0.15) is 40.0 Å². The molecular formula is C13H25NO. The lowest BCUT2D eigenvalue weighted by Gasteiger charge is -2.43. The van der Waals surface area contributed by atoms with E-state index in [0.29, 0.717) is 18.6 Å². The van der Waals surface area contributed by atoms with Crippen molar-refractivity contribution in [2.45, 2.75) is 46.1 Å². The zero-order valence-corrected chi connectivity index (χ0v) is 10.3. The maximum atomic E-state index is 9.50. The van der Waals surface area contributed by atoms with Gasteiger partial charge in [0.15, 0.2) is 0 Å². The van der Waals surface area contributed by atoms with E-state index in [0.717, 1.165) is 11.8 Å². The van der Waals surface area contributed by atoms with Gasteiger partial charge in [-0.05, 0) is 49.0 Å². The van der Waals surface area contributed by atoms with E-state index in [4.69, 9.17) is 0 Å². The molecule has 0 bridgehead atoms. The van der Waals surface area contributed by atoms with Gasteiger partial charge in [0.2, 0.25) is 0 Å². The molecular weight excluding hydrogens is 186 g/mol. The van der Waals surface area contributed by atoms with Crippen molar-refractivity contribution >= 4 is 0 Å². The van der Waals surface area contributed by atoms with Gasteiger partial charge in [0.05, 0.1) is 0 Å². The quantitative estimate of drug-likeness (QED) is 0.732. The Morgan fingerprint density at radius 3 is 2.33 bits per heavy atom. The SMILES string of the molecule is CC(C)(C)C1NCC(C2CC2)CC1CO. The first-order chi connectivity index (χ1) is 7.02. The monoisotopic (exact) mass is 211 g/mol. The number of hydrogen-bond donors (Lipinski definition) is 2. The summed E-state index contributed by atoms with van der Waals surface area (Å²) in [5.41, 5.74) is 0.266. The lowest BCUT2D eigenvalue weighted by atomic mass is 9.72. The number of nitrogens with one attached hydrogen (secondary N) is 1. The molecule has 1 aliphatic carbocycles. The Kier molecular flexibility index (Phi) is 3.09. The molecule has 0 radical (unpaired) electrons. The van der Waals surface area contributed by atoms with Crippen molar-refractivity contribution in [3.8, 4) is 0 Å². The summed E-state index contributed by atoms with van der Waals surface area (Å²) in [7, 11) is 0. The third-order valence-corrected chi connectivity index (χ3v) is 4.13. The van der Waals surface area contributed by atoms with E-state index >= 15 is 0 Å². The topological polar surface area (TPSA) is 32.3 Å². The molecule has 2 aliphatic rings. The van der Waals surface area contributed by atoms with Crippen molar-refractivity contribution in [1.29, 1.82) is 0 Å². The van der Waals surface area contributed by atoms with Crippen molar-refractivity contribution in [1.82, 2.24) is 5.32 Å². The second kappa shape index (κ2) is 4.06. The lowest BCUT2D eigenvalue weighted by Crippen LogP contribution is -2.53. The summed E-state index contributed by atoms with van der Waals surface area (Å²) in [5, 5.41) is 13.2. The Bertz CT molecular complexity index is 217. The molecule has 1 saturated heterocycles. The number of rotatable bonds is 2. The van der Waals surface area contributed by atoms with Gasteiger partial charge in [-0.15, -0.1) is 0 Å². The molecule has 0 aromatic carbocycles. The molecule has 88 valence electrons. The van der Waals surface area contributed by atoms with Crippen molar-refractivity contribution in [2.75, 3.05) is 13.2 Å². The average molecular weight is 211 g/mol. The number of hydrogen-bond acceptors (Lipinski definition) is 2. The highest BCUT2D eigenvalue weighted by Crippen LogP contribution is 2.43. The molecule has 0 aromatic heterocycles. The van der Waals surface area contributed by atoms with E-state index in [9.17, 15) is 5.11 Å². The number of piperidine rings is 1. The third kappa shape index (κ3) is 2.54. The van der Waals surface area contributed by atoms with Gasteiger partial charge in [0.25, 0.3) is 0 Å². The first kappa shape index (κ1) is 11.4. The Morgan fingerprint density at radius 1 is 1.20 bits per heavy atom. The van der Waals surface area contributed by atoms with Gasteiger partial charge in [-0.25, -0.2) is 0 Å². The molecule has 1 saturated carbocycles. The van der Waals surface area contributed by atoms with E-state index in [1.54, 1.807) is 0 Å². The van der Waals surface area contributed by atoms with Crippen LogP contribution in [-0.2, 0) is 0 Å². The molecule has 2 nitrogen and oxygen atoms in total. The van der Waals surface area contributed by atoms with Crippen LogP contribution in [0, 0.1) is 23.2 Å². The normalized spacial score (nSPS) is 38.0. The van der Waals surface area contributed by atoms with Gasteiger partial charge in [-0.3, -0.25) is 0 Å². The average Bonchev–Trinajstić information content (AvgIpc) is 2.98. The number of aliphatic hydroxyl groups is 1. The minimum absolute atomic E-state index is 0.266. The zero-order chi connectivity index (χ0) is 11.1. The summed E-state index contributed by atoms with van der Waals surface area (Å²) < 4.78 is 0. The van der Waals surface area contributed by atoms with E-state index in [2.05, 4.69) is 26.1 Å². The number of aliphatic hydroxyl groups excluding tert-OH is 1. The van der Waals surface area contributed by atoms with Crippen LogP contribution in [0.25, 0.3) is 0 Å². The Hall–Kier alpha value is -0.0800. The van der Waals surface area contributed by atoms with Crippen molar-refractivity contribution < 1.29 is 5.11 Å². The highest BCUT2D eigenvalue weighted by atomic mass is 16.3. The molecule has 0 aromatic rings. The largest absolute Gasteiger partial charge is 0.396 e. The fourth-order valence-electron chi connectivity index (χ4n) is 3.17. The summed E-state index contributed by atoms with van der Waals surface area (Å²) in [5.74, 6) is 2.26. The highest BCUT2D eigenvalue weighted by Gasteiger charge is 2.41. The minimum Gasteiger partial charge on any atom is -0.396 e. The summed E-state index contributed by atoms with van der Waals surface area (Å²) >= 11 is 0. The fraction of sp³-hybridized carbons (Fsp3) is 1.00. The van der Waals surface area contributed by atoms with Gasteiger partial charge in [-0.2, -0.15) is 0 Å². The smallest absolute Gasteiger partial charge is 0.0474 e. The van der Waals surface area contributed by atoms with Crippen LogP contribution in [0.3, 0.4) is 0 Å². The molecule has 3 unspecified atom stereocenters. The predicted octanol–water partition coefficient (Wildman–Crippen LogP) is 2.03. The van der Waals surface area contributed by atoms with Gasteiger partial charge >= 0.3 is 0 Å². The van der Waals surface area contributed by atoms with Crippen LogP contribution < -0.4 is 5.32 Å². The molecule has 15 heavy (non-hydrogen) atoms. The fourth-order valence-corrected chi connectivity index (χ4v) is 3.17. The van der Waals surface area contributed by atoms with E-state index in [1.165, 1.54) is 25.8 Å². The molecule has 0 spiro atoms. The second-order valence-electron chi connectivity index (χ2n) is 6.53.